The van der Waals surface area contributed by atoms with Crippen LogP contribution in [0.1, 0.15) is 36.3 Å². The fourth-order valence-electron chi connectivity index (χ4n) is 5.25. The lowest BCUT2D eigenvalue weighted by Crippen LogP contribution is -2.43. The summed E-state index contributed by atoms with van der Waals surface area (Å²) in [5.41, 5.74) is 4.70. The minimum Gasteiger partial charge on any atom is -0.481 e. The van der Waals surface area contributed by atoms with Gasteiger partial charge in [-0.05, 0) is 47.4 Å². The molecule has 1 saturated carbocycles. The molecule has 33 heavy (non-hydrogen) atoms. The van der Waals surface area contributed by atoms with Crippen LogP contribution in [0.25, 0.3) is 11.1 Å². The lowest BCUT2D eigenvalue weighted by Gasteiger charge is -2.31. The van der Waals surface area contributed by atoms with E-state index in [1.54, 1.807) is 4.90 Å². The molecule has 3 aliphatic rings. The quantitative estimate of drug-likeness (QED) is 0.705. The van der Waals surface area contributed by atoms with Crippen LogP contribution in [0.5, 0.6) is 0 Å². The van der Waals surface area contributed by atoms with E-state index in [4.69, 9.17) is 4.74 Å². The number of hydrogen-bond donors (Lipinski definition) is 2. The Morgan fingerprint density at radius 3 is 2.36 bits per heavy atom. The van der Waals surface area contributed by atoms with Crippen molar-refractivity contribution in [1.82, 2.24) is 10.2 Å². The monoisotopic (exact) mass is 448 g/mol. The van der Waals surface area contributed by atoms with E-state index in [2.05, 4.69) is 29.6 Å². The Morgan fingerprint density at radius 2 is 1.70 bits per heavy atom. The van der Waals surface area contributed by atoms with Gasteiger partial charge in [-0.3, -0.25) is 9.59 Å². The molecule has 2 aromatic carbocycles. The van der Waals surface area contributed by atoms with Crippen LogP contribution >= 0.6 is 0 Å². The van der Waals surface area contributed by atoms with Gasteiger partial charge in [-0.15, -0.1) is 0 Å². The second kappa shape index (κ2) is 8.89. The van der Waals surface area contributed by atoms with E-state index >= 15 is 0 Å². The Kier molecular flexibility index (Phi) is 5.79. The maximum Gasteiger partial charge on any atom is 0.407 e. The van der Waals surface area contributed by atoms with Crippen LogP contribution in [0, 0.1) is 17.8 Å². The van der Waals surface area contributed by atoms with Gasteiger partial charge in [0, 0.05) is 31.5 Å². The first-order valence-corrected chi connectivity index (χ1v) is 11.6. The van der Waals surface area contributed by atoms with Crippen LogP contribution in [0.4, 0.5) is 4.79 Å². The number of fused-ring (bicyclic) bond motifs is 3. The number of rotatable bonds is 6. The summed E-state index contributed by atoms with van der Waals surface area (Å²) in [6.45, 7) is 1.56. The molecule has 5 rings (SSSR count). The zero-order chi connectivity index (χ0) is 22.9. The smallest absolute Gasteiger partial charge is 0.407 e. The van der Waals surface area contributed by atoms with E-state index in [-0.39, 0.29) is 36.8 Å². The molecular formula is C26H28N2O5. The van der Waals surface area contributed by atoms with Gasteiger partial charge in [0.1, 0.15) is 6.61 Å². The molecule has 2 amide bonds. The fourth-order valence-corrected chi connectivity index (χ4v) is 5.25. The maximum absolute atomic E-state index is 12.7. The highest BCUT2D eigenvalue weighted by Crippen LogP contribution is 2.44. The molecular weight excluding hydrogens is 420 g/mol. The first-order valence-electron chi connectivity index (χ1n) is 11.6. The van der Waals surface area contributed by atoms with E-state index in [1.807, 2.05) is 24.3 Å². The highest BCUT2D eigenvalue weighted by Gasteiger charge is 2.46. The number of carbonyl (C=O) groups is 3. The van der Waals surface area contributed by atoms with E-state index in [1.165, 1.54) is 22.3 Å². The van der Waals surface area contributed by atoms with Crippen molar-refractivity contribution in [3.8, 4) is 11.1 Å². The highest BCUT2D eigenvalue weighted by atomic mass is 16.5. The summed E-state index contributed by atoms with van der Waals surface area (Å²) >= 11 is 0. The highest BCUT2D eigenvalue weighted by molar-refractivity contribution is 5.83. The molecule has 0 radical (unpaired) electrons. The number of carboxylic acids is 1. The average Bonchev–Trinajstić information content (AvgIpc) is 3.56. The Bertz CT molecular complexity index is 1040. The summed E-state index contributed by atoms with van der Waals surface area (Å²) in [5, 5.41) is 12.0. The molecule has 1 heterocycles. The summed E-state index contributed by atoms with van der Waals surface area (Å²) in [7, 11) is 0. The number of nitrogens with one attached hydrogen (secondary N) is 1. The van der Waals surface area contributed by atoms with E-state index in [0.29, 0.717) is 19.5 Å². The number of benzene rings is 2. The van der Waals surface area contributed by atoms with E-state index in [0.717, 1.165) is 12.8 Å². The van der Waals surface area contributed by atoms with Gasteiger partial charge in [-0.2, -0.15) is 0 Å². The molecule has 0 bridgehead atoms. The largest absolute Gasteiger partial charge is 0.481 e. The third kappa shape index (κ3) is 4.32. The second-order valence-electron chi connectivity index (χ2n) is 9.27. The number of hydrogen-bond acceptors (Lipinski definition) is 4. The summed E-state index contributed by atoms with van der Waals surface area (Å²) in [6, 6.07) is 16.4. The number of amides is 2. The molecule has 2 aliphatic carbocycles. The topological polar surface area (TPSA) is 95.9 Å². The molecule has 3 atom stereocenters. The maximum atomic E-state index is 12.7. The van der Waals surface area contributed by atoms with E-state index in [9.17, 15) is 19.5 Å². The van der Waals surface area contributed by atoms with Gasteiger partial charge in [0.15, 0.2) is 0 Å². The van der Waals surface area contributed by atoms with Gasteiger partial charge in [0.05, 0.1) is 5.92 Å². The van der Waals surface area contributed by atoms with Crippen molar-refractivity contribution in [2.45, 2.75) is 25.2 Å². The van der Waals surface area contributed by atoms with Gasteiger partial charge in [0.25, 0.3) is 0 Å². The number of carboxylic acid groups (broad SMARTS) is 1. The second-order valence-corrected chi connectivity index (χ2v) is 9.27. The van der Waals surface area contributed by atoms with Crippen molar-refractivity contribution in [2.24, 2.45) is 17.8 Å². The number of aliphatic carboxylic acids is 1. The summed E-state index contributed by atoms with van der Waals surface area (Å²) in [5.74, 6) is -1.33. The summed E-state index contributed by atoms with van der Waals surface area (Å²) < 4.78 is 5.56. The zero-order valence-electron chi connectivity index (χ0n) is 18.4. The molecule has 1 aliphatic heterocycles. The van der Waals surface area contributed by atoms with Crippen molar-refractivity contribution >= 4 is 18.0 Å². The van der Waals surface area contributed by atoms with Crippen LogP contribution in [0.15, 0.2) is 48.5 Å². The first kappa shape index (κ1) is 21.5. The Hall–Kier alpha value is -3.35. The predicted molar refractivity (Wildman–Crippen MR) is 122 cm³/mol. The molecule has 172 valence electrons. The van der Waals surface area contributed by atoms with Crippen molar-refractivity contribution in [3.63, 3.8) is 0 Å². The number of ether oxygens (including phenoxy) is 1. The van der Waals surface area contributed by atoms with Crippen LogP contribution in [-0.4, -0.2) is 54.2 Å². The van der Waals surface area contributed by atoms with Crippen LogP contribution in [-0.2, 0) is 14.3 Å². The SMILES string of the molecule is O=C(NC[C@@H]1C[C@@H]1C(=O)N1CCCC(C(=O)O)C1)OCC1c2ccccc2-c2ccccc21. The van der Waals surface area contributed by atoms with Crippen molar-refractivity contribution in [3.05, 3.63) is 59.7 Å². The van der Waals surface area contributed by atoms with Crippen LogP contribution < -0.4 is 5.32 Å². The Labute approximate surface area is 192 Å². The molecule has 0 aromatic heterocycles. The molecule has 0 spiro atoms. The Morgan fingerprint density at radius 1 is 1.03 bits per heavy atom. The first-order chi connectivity index (χ1) is 16.0. The Balaban J connectivity index is 1.10. The third-order valence-corrected chi connectivity index (χ3v) is 7.17. The lowest BCUT2D eigenvalue weighted by molar-refractivity contribution is -0.146. The number of alkyl carbamates (subject to hydrolysis) is 1. The van der Waals surface area contributed by atoms with Crippen molar-refractivity contribution in [1.29, 1.82) is 0 Å². The normalized spacial score (nSPS) is 23.4. The van der Waals surface area contributed by atoms with Gasteiger partial charge in [0.2, 0.25) is 5.91 Å². The zero-order valence-corrected chi connectivity index (χ0v) is 18.4. The number of nitrogens with zero attached hydrogens (tertiary/aromatic N) is 1. The molecule has 1 unspecified atom stereocenters. The van der Waals surface area contributed by atoms with Gasteiger partial charge in [-0.25, -0.2) is 4.79 Å². The molecule has 7 nitrogen and oxygen atoms in total. The van der Waals surface area contributed by atoms with E-state index < -0.39 is 18.0 Å². The fraction of sp³-hybridized carbons (Fsp3) is 0.423. The summed E-state index contributed by atoms with van der Waals surface area (Å²) in [4.78, 5) is 38.0. The van der Waals surface area contributed by atoms with Crippen LogP contribution in [0.2, 0.25) is 0 Å². The molecule has 1 saturated heterocycles. The van der Waals surface area contributed by atoms with Crippen molar-refractivity contribution in [2.75, 3.05) is 26.2 Å². The van der Waals surface area contributed by atoms with Gasteiger partial charge < -0.3 is 20.1 Å². The number of piperidine rings is 1. The molecule has 2 fully saturated rings. The lowest BCUT2D eigenvalue weighted by atomic mass is 9.98. The standard InChI is InChI=1S/C26H28N2O5/c29-24(28-11-5-6-16(14-28)25(30)31)22-12-17(22)13-27-26(32)33-15-23-20-9-3-1-7-18(20)19-8-2-4-10-21(19)23/h1-4,7-10,16-17,22-23H,5-6,11-15H2,(H,27,32)(H,30,31)/t16?,17-,22-/m0/s1. The number of likely N-dealkylation sites (tertiary alicyclic amines) is 1. The average molecular weight is 449 g/mol. The minimum atomic E-state index is -0.836. The van der Waals surface area contributed by atoms with Gasteiger partial charge in [-0.1, -0.05) is 48.5 Å². The number of carbonyl (C=O) groups excluding carboxylic acids is 2. The minimum absolute atomic E-state index is 0.0136. The molecule has 7 heteroatoms. The molecule has 2 aromatic rings. The van der Waals surface area contributed by atoms with Gasteiger partial charge >= 0.3 is 12.1 Å². The third-order valence-electron chi connectivity index (χ3n) is 7.17. The summed E-state index contributed by atoms with van der Waals surface area (Å²) in [6.07, 6.45) is 1.59. The molecule has 2 N–H and O–H groups in total. The predicted octanol–water partition coefficient (Wildman–Crippen LogP) is 3.48. The van der Waals surface area contributed by atoms with Crippen LogP contribution in [0.3, 0.4) is 0 Å². The van der Waals surface area contributed by atoms with Crippen molar-refractivity contribution < 1.29 is 24.2 Å².